The molecular weight excluding hydrogens is 147 g/mol. The highest BCUT2D eigenvalue weighted by atomic mass is 16.4. The van der Waals surface area contributed by atoms with Gasteiger partial charge in [0.05, 0.1) is 0 Å². The van der Waals surface area contributed by atoms with E-state index in [0.29, 0.717) is 0 Å². The third-order valence-electron chi connectivity index (χ3n) is 1.12. The number of aromatic amines is 1. The molecule has 6 heteroatoms. The van der Waals surface area contributed by atoms with E-state index in [1.165, 1.54) is 0 Å². The van der Waals surface area contributed by atoms with Gasteiger partial charge < -0.3 is 15.0 Å². The number of nitrogens with one attached hydrogen (secondary N) is 1. The predicted octanol–water partition coefficient (Wildman–Crippen LogP) is -2.24. The highest BCUT2D eigenvalue weighted by Gasteiger charge is 2.14. The molecule has 1 aromatic heterocycles. The van der Waals surface area contributed by atoms with Gasteiger partial charge in [-0.2, -0.15) is 0 Å². The van der Waals surface area contributed by atoms with Gasteiger partial charge in [-0.05, 0) is 6.85 Å². The minimum atomic E-state index is -2.61. The lowest BCUT2D eigenvalue weighted by Gasteiger charge is -2.00. The van der Waals surface area contributed by atoms with E-state index in [9.17, 15) is 4.79 Å². The molecule has 0 aliphatic carbocycles. The van der Waals surface area contributed by atoms with Gasteiger partial charge in [0, 0.05) is 21.5 Å². The van der Waals surface area contributed by atoms with Gasteiger partial charge in [0.15, 0.2) is 0 Å². The van der Waals surface area contributed by atoms with Gasteiger partial charge in [0.25, 0.3) is 0 Å². The van der Waals surface area contributed by atoms with E-state index in [1.807, 2.05) is 4.98 Å². The first-order chi connectivity index (χ1) is 6.32. The maximum Gasteiger partial charge on any atom is 0.491 e. The van der Waals surface area contributed by atoms with Crippen LogP contribution in [0.2, 0.25) is 0 Å². The standard InChI is InChI=1S/C5H7BN2O3/c1-3-4(6(10)11)2-7-5(9)8-3/h2,10-11H,1H3,(H,7,8,9)/i1D3. The van der Waals surface area contributed by atoms with Crippen LogP contribution in [0, 0.1) is 6.85 Å². The highest BCUT2D eigenvalue weighted by molar-refractivity contribution is 6.58. The second-order valence-electron chi connectivity index (χ2n) is 1.89. The average molecular weight is 157 g/mol. The zero-order valence-electron chi connectivity index (χ0n) is 8.40. The summed E-state index contributed by atoms with van der Waals surface area (Å²) in [6, 6.07) is 0. The quantitative estimate of drug-likeness (QED) is 0.402. The van der Waals surface area contributed by atoms with E-state index in [2.05, 4.69) is 4.98 Å². The molecule has 0 aliphatic rings. The molecule has 0 saturated heterocycles. The Labute approximate surface area is 67.1 Å². The number of aromatic nitrogens is 2. The molecule has 0 spiro atoms. The van der Waals surface area contributed by atoms with Crippen molar-refractivity contribution in [2.45, 2.75) is 6.85 Å². The minimum Gasteiger partial charge on any atom is -0.423 e. The van der Waals surface area contributed by atoms with E-state index in [4.69, 9.17) is 14.2 Å². The highest BCUT2D eigenvalue weighted by Crippen LogP contribution is 1.81. The Morgan fingerprint density at radius 3 is 3.09 bits per heavy atom. The summed E-state index contributed by atoms with van der Waals surface area (Å²) in [7, 11) is -1.98. The van der Waals surface area contributed by atoms with Crippen LogP contribution >= 0.6 is 0 Å². The number of rotatable bonds is 1. The predicted molar refractivity (Wildman–Crippen MR) is 39.4 cm³/mol. The van der Waals surface area contributed by atoms with Crippen LogP contribution in [0.1, 0.15) is 9.81 Å². The largest absolute Gasteiger partial charge is 0.491 e. The number of hydrogen-bond acceptors (Lipinski definition) is 4. The summed E-state index contributed by atoms with van der Waals surface area (Å²) in [6.45, 7) is -2.61. The van der Waals surface area contributed by atoms with Gasteiger partial charge in [0.2, 0.25) is 0 Å². The summed E-state index contributed by atoms with van der Waals surface area (Å²) in [6.07, 6.45) is 0.825. The second-order valence-corrected chi connectivity index (χ2v) is 1.89. The van der Waals surface area contributed by atoms with E-state index in [-0.39, 0.29) is 5.46 Å². The van der Waals surface area contributed by atoms with Crippen LogP contribution in [0.25, 0.3) is 0 Å². The molecule has 0 atom stereocenters. The average Bonchev–Trinajstić information content (AvgIpc) is 2.01. The van der Waals surface area contributed by atoms with E-state index in [0.717, 1.165) is 6.20 Å². The fraction of sp³-hybridized carbons (Fsp3) is 0.200. The van der Waals surface area contributed by atoms with Crippen LogP contribution in [-0.4, -0.2) is 27.1 Å². The van der Waals surface area contributed by atoms with Crippen LogP contribution in [0.3, 0.4) is 0 Å². The summed E-state index contributed by atoms with van der Waals surface area (Å²) in [5.74, 6) is 0. The lowest BCUT2D eigenvalue weighted by Crippen LogP contribution is -2.35. The van der Waals surface area contributed by atoms with Gasteiger partial charge in [-0.15, -0.1) is 0 Å². The van der Waals surface area contributed by atoms with Crippen LogP contribution in [0.4, 0.5) is 0 Å². The van der Waals surface area contributed by atoms with Crippen molar-refractivity contribution in [3.8, 4) is 0 Å². The Bertz CT molecular complexity index is 389. The second kappa shape index (κ2) is 2.85. The monoisotopic (exact) mass is 157 g/mol. The number of aryl methyl sites for hydroxylation is 1. The van der Waals surface area contributed by atoms with Crippen molar-refractivity contribution in [1.82, 2.24) is 9.97 Å². The first-order valence-electron chi connectivity index (χ1n) is 4.28. The third-order valence-corrected chi connectivity index (χ3v) is 1.12. The lowest BCUT2D eigenvalue weighted by molar-refractivity contribution is 0.425. The molecule has 0 aliphatic heterocycles. The lowest BCUT2D eigenvalue weighted by atomic mass is 9.80. The topological polar surface area (TPSA) is 86.2 Å². The molecule has 0 unspecified atom stereocenters. The Balaban J connectivity index is 3.38. The first-order valence-corrected chi connectivity index (χ1v) is 2.78. The van der Waals surface area contributed by atoms with Crippen molar-refractivity contribution in [1.29, 1.82) is 0 Å². The zero-order valence-corrected chi connectivity index (χ0v) is 5.40. The molecule has 0 fully saturated rings. The molecule has 5 nitrogen and oxygen atoms in total. The first kappa shape index (κ1) is 4.68. The van der Waals surface area contributed by atoms with Crippen molar-refractivity contribution in [2.75, 3.05) is 0 Å². The molecule has 58 valence electrons. The molecule has 3 N–H and O–H groups in total. The van der Waals surface area contributed by atoms with Gasteiger partial charge >= 0.3 is 12.8 Å². The fourth-order valence-corrected chi connectivity index (χ4v) is 0.600. The van der Waals surface area contributed by atoms with E-state index >= 15 is 0 Å². The van der Waals surface area contributed by atoms with Crippen molar-refractivity contribution in [3.05, 3.63) is 22.4 Å². The fourth-order valence-electron chi connectivity index (χ4n) is 0.600. The Morgan fingerprint density at radius 2 is 2.55 bits per heavy atom. The molecule has 1 rings (SSSR count). The minimum absolute atomic E-state index is 0.329. The zero-order chi connectivity index (χ0) is 10.9. The Morgan fingerprint density at radius 1 is 1.82 bits per heavy atom. The molecule has 0 aromatic carbocycles. The molecule has 0 saturated carbocycles. The maximum absolute atomic E-state index is 10.7. The van der Waals surface area contributed by atoms with Crippen molar-refractivity contribution in [3.63, 3.8) is 0 Å². The van der Waals surface area contributed by atoms with E-state index < -0.39 is 25.4 Å². The molecule has 0 radical (unpaired) electrons. The van der Waals surface area contributed by atoms with Gasteiger partial charge in [0.1, 0.15) is 0 Å². The Kier molecular flexibility index (Phi) is 1.21. The SMILES string of the molecule is [2H]C([2H])([2H])c1[nH]c(=O)ncc1B(O)O. The summed E-state index contributed by atoms with van der Waals surface area (Å²) in [5, 5.41) is 17.6. The van der Waals surface area contributed by atoms with Crippen LogP contribution < -0.4 is 11.2 Å². The number of nitrogens with zero attached hydrogens (tertiary/aromatic N) is 1. The summed E-state index contributed by atoms with van der Waals surface area (Å²) >= 11 is 0. The van der Waals surface area contributed by atoms with Gasteiger partial charge in [-0.1, -0.05) is 0 Å². The third kappa shape index (κ3) is 1.66. The van der Waals surface area contributed by atoms with Crippen molar-refractivity contribution < 1.29 is 14.2 Å². The molecule has 11 heavy (non-hydrogen) atoms. The maximum atomic E-state index is 10.7. The van der Waals surface area contributed by atoms with Crippen molar-refractivity contribution in [2.24, 2.45) is 0 Å². The molecule has 1 aromatic rings. The van der Waals surface area contributed by atoms with Crippen LogP contribution in [-0.2, 0) is 0 Å². The van der Waals surface area contributed by atoms with Crippen molar-refractivity contribution >= 4 is 12.6 Å². The van der Waals surface area contributed by atoms with Gasteiger partial charge in [-0.3, -0.25) is 0 Å². The van der Waals surface area contributed by atoms with E-state index in [1.54, 1.807) is 0 Å². The molecule has 1 heterocycles. The number of hydrogen-bond donors (Lipinski definition) is 3. The molecule has 0 bridgehead atoms. The van der Waals surface area contributed by atoms with Gasteiger partial charge in [-0.25, -0.2) is 9.78 Å². The summed E-state index contributed by atoms with van der Waals surface area (Å²) in [4.78, 5) is 15.9. The van der Waals surface area contributed by atoms with Crippen LogP contribution in [0.15, 0.2) is 11.0 Å². The molecule has 0 amide bonds. The molecular formula is C5H7BN2O3. The summed E-state index contributed by atoms with van der Waals surface area (Å²) in [5.41, 5.74) is -1.68. The smallest absolute Gasteiger partial charge is 0.423 e. The Hall–Kier alpha value is -1.14. The summed E-state index contributed by atoms with van der Waals surface area (Å²) < 4.78 is 21.1. The normalized spacial score (nSPS) is 14.9. The van der Waals surface area contributed by atoms with Crippen LogP contribution in [0.5, 0.6) is 0 Å². The number of H-pyrrole nitrogens is 1.